The van der Waals surface area contributed by atoms with Crippen LogP contribution in [-0.2, 0) is 9.59 Å². The molecular formula is C21H34O4. The molecule has 0 aromatic rings. The van der Waals surface area contributed by atoms with Crippen LogP contribution in [0.2, 0.25) is 0 Å². The molecule has 0 aliphatic heterocycles. The van der Waals surface area contributed by atoms with Crippen LogP contribution < -0.4 is 0 Å². The summed E-state index contributed by atoms with van der Waals surface area (Å²) >= 11 is 0. The number of aliphatic hydroxyl groups excluding tert-OH is 1. The number of Topliss-reactive ketones (excluding diaryl/α,β-unsaturated/α-hetero) is 1. The molecule has 0 bridgehead atoms. The highest BCUT2D eigenvalue weighted by molar-refractivity contribution is 5.88. The molecule has 0 heterocycles. The van der Waals surface area contributed by atoms with E-state index in [2.05, 4.69) is 6.92 Å². The van der Waals surface area contributed by atoms with Gasteiger partial charge in [0.25, 0.3) is 0 Å². The summed E-state index contributed by atoms with van der Waals surface area (Å²) in [5.41, 5.74) is 0. The summed E-state index contributed by atoms with van der Waals surface area (Å²) in [6.45, 7) is 6.03. The molecule has 1 rings (SSSR count). The van der Waals surface area contributed by atoms with Gasteiger partial charge in [-0.25, -0.2) is 0 Å². The van der Waals surface area contributed by atoms with Crippen LogP contribution in [0.15, 0.2) is 24.3 Å². The molecule has 0 aromatic heterocycles. The minimum atomic E-state index is -0.890. The monoisotopic (exact) mass is 350 g/mol. The maximum absolute atomic E-state index is 12.5. The van der Waals surface area contributed by atoms with Crippen molar-refractivity contribution in [2.75, 3.05) is 0 Å². The van der Waals surface area contributed by atoms with Gasteiger partial charge in [-0.2, -0.15) is 0 Å². The van der Waals surface area contributed by atoms with Gasteiger partial charge >= 0.3 is 5.97 Å². The number of carbonyl (C=O) groups excluding carboxylic acids is 1. The molecule has 0 radical (unpaired) electrons. The molecule has 5 unspecified atom stereocenters. The third kappa shape index (κ3) is 6.77. The van der Waals surface area contributed by atoms with E-state index in [9.17, 15) is 19.8 Å². The van der Waals surface area contributed by atoms with E-state index in [1.165, 1.54) is 0 Å². The second kappa shape index (κ2) is 11.2. The SMILES string of the molecule is C/C=C/CCC(C(=O)O)C1C(=O)CC(C)C1/C=C/C(O)CCCCC. The lowest BCUT2D eigenvalue weighted by molar-refractivity contribution is -0.147. The normalized spacial score (nSPS) is 26.6. The molecule has 0 spiro atoms. The molecule has 0 saturated heterocycles. The van der Waals surface area contributed by atoms with Crippen molar-refractivity contribution in [3.63, 3.8) is 0 Å². The molecule has 1 aliphatic rings. The van der Waals surface area contributed by atoms with E-state index in [4.69, 9.17) is 0 Å². The molecule has 0 aromatic carbocycles. The number of allylic oxidation sites excluding steroid dienone is 3. The van der Waals surface area contributed by atoms with Crippen molar-refractivity contribution >= 4 is 11.8 Å². The predicted octanol–water partition coefficient (Wildman–Crippen LogP) is 4.38. The Kier molecular flexibility index (Phi) is 9.73. The Morgan fingerprint density at radius 2 is 2.04 bits per heavy atom. The molecule has 0 amide bonds. The highest BCUT2D eigenvalue weighted by Gasteiger charge is 2.45. The number of unbranched alkanes of at least 4 members (excludes halogenated alkanes) is 2. The number of aliphatic hydroxyl groups is 1. The minimum absolute atomic E-state index is 0.0514. The van der Waals surface area contributed by atoms with Gasteiger partial charge in [0.05, 0.1) is 12.0 Å². The van der Waals surface area contributed by atoms with Gasteiger partial charge in [-0.3, -0.25) is 9.59 Å². The van der Waals surface area contributed by atoms with E-state index < -0.39 is 23.9 Å². The second-order valence-electron chi connectivity index (χ2n) is 7.29. The van der Waals surface area contributed by atoms with Crippen LogP contribution in [0, 0.1) is 23.7 Å². The van der Waals surface area contributed by atoms with E-state index in [0.29, 0.717) is 25.7 Å². The van der Waals surface area contributed by atoms with Gasteiger partial charge in [-0.05, 0) is 38.0 Å². The average molecular weight is 350 g/mol. The van der Waals surface area contributed by atoms with Crippen LogP contribution >= 0.6 is 0 Å². The van der Waals surface area contributed by atoms with E-state index >= 15 is 0 Å². The van der Waals surface area contributed by atoms with E-state index in [0.717, 1.165) is 19.3 Å². The van der Waals surface area contributed by atoms with Crippen molar-refractivity contribution in [3.8, 4) is 0 Å². The molecule has 1 saturated carbocycles. The van der Waals surface area contributed by atoms with Gasteiger partial charge < -0.3 is 10.2 Å². The van der Waals surface area contributed by atoms with Crippen molar-refractivity contribution in [2.45, 2.75) is 71.8 Å². The lowest BCUT2D eigenvalue weighted by Crippen LogP contribution is -2.31. The summed E-state index contributed by atoms with van der Waals surface area (Å²) in [5, 5.41) is 19.7. The number of carboxylic acids is 1. The lowest BCUT2D eigenvalue weighted by atomic mass is 9.78. The number of carbonyl (C=O) groups is 2. The number of hydrogen-bond donors (Lipinski definition) is 2. The van der Waals surface area contributed by atoms with Crippen molar-refractivity contribution < 1.29 is 19.8 Å². The molecule has 142 valence electrons. The smallest absolute Gasteiger partial charge is 0.307 e. The Bertz CT molecular complexity index is 480. The van der Waals surface area contributed by atoms with Crippen LogP contribution in [0.1, 0.15) is 65.7 Å². The second-order valence-corrected chi connectivity index (χ2v) is 7.29. The van der Waals surface area contributed by atoms with Gasteiger partial charge in [0.1, 0.15) is 5.78 Å². The van der Waals surface area contributed by atoms with Gasteiger partial charge in [0, 0.05) is 12.3 Å². The van der Waals surface area contributed by atoms with Crippen LogP contribution in [-0.4, -0.2) is 28.1 Å². The average Bonchev–Trinajstić information content (AvgIpc) is 2.83. The molecule has 2 N–H and O–H groups in total. The number of carboxylic acid groups (broad SMARTS) is 1. The van der Waals surface area contributed by atoms with Crippen molar-refractivity contribution in [1.29, 1.82) is 0 Å². The van der Waals surface area contributed by atoms with Crippen LogP contribution in [0.25, 0.3) is 0 Å². The van der Waals surface area contributed by atoms with Gasteiger partial charge in [-0.1, -0.05) is 57.4 Å². The van der Waals surface area contributed by atoms with Gasteiger partial charge in [0.15, 0.2) is 0 Å². The molecular weight excluding hydrogens is 316 g/mol. The topological polar surface area (TPSA) is 74.6 Å². The Morgan fingerprint density at radius 3 is 2.64 bits per heavy atom. The van der Waals surface area contributed by atoms with Crippen LogP contribution in [0.4, 0.5) is 0 Å². The fourth-order valence-corrected chi connectivity index (χ4v) is 3.82. The summed E-state index contributed by atoms with van der Waals surface area (Å²) in [6, 6.07) is 0. The molecule has 5 atom stereocenters. The standard InChI is InChI=1S/C21H34O4/c1-4-6-8-10-16(22)12-13-17-15(3)14-19(23)20(17)18(21(24)25)11-9-7-5-2/h5,7,12-13,15-18,20,22H,4,6,8-11,14H2,1-3H3,(H,24,25)/b7-5+,13-12+. The fourth-order valence-electron chi connectivity index (χ4n) is 3.82. The predicted molar refractivity (Wildman–Crippen MR) is 100 cm³/mol. The summed E-state index contributed by atoms with van der Waals surface area (Å²) in [5.74, 6) is -1.94. The van der Waals surface area contributed by atoms with Crippen molar-refractivity contribution in [2.24, 2.45) is 23.7 Å². The van der Waals surface area contributed by atoms with E-state index in [-0.39, 0.29) is 17.6 Å². The Balaban J connectivity index is 2.82. The number of aliphatic carboxylic acids is 1. The Morgan fingerprint density at radius 1 is 1.32 bits per heavy atom. The zero-order chi connectivity index (χ0) is 18.8. The molecule has 1 fully saturated rings. The minimum Gasteiger partial charge on any atom is -0.481 e. The molecule has 4 heteroatoms. The third-order valence-electron chi connectivity index (χ3n) is 5.26. The summed E-state index contributed by atoms with van der Waals surface area (Å²) in [4.78, 5) is 24.2. The third-order valence-corrected chi connectivity index (χ3v) is 5.26. The van der Waals surface area contributed by atoms with E-state index in [1.54, 1.807) is 6.08 Å². The van der Waals surface area contributed by atoms with Crippen LogP contribution in [0.3, 0.4) is 0 Å². The first-order valence-corrected chi connectivity index (χ1v) is 9.65. The summed E-state index contributed by atoms with van der Waals surface area (Å²) in [7, 11) is 0. The first kappa shape index (κ1) is 21.6. The van der Waals surface area contributed by atoms with E-state index in [1.807, 2.05) is 32.1 Å². The highest BCUT2D eigenvalue weighted by atomic mass is 16.4. The quantitative estimate of drug-likeness (QED) is 0.428. The zero-order valence-electron chi connectivity index (χ0n) is 15.9. The number of ketones is 1. The first-order valence-electron chi connectivity index (χ1n) is 9.65. The molecule has 25 heavy (non-hydrogen) atoms. The Labute approximate surface area is 152 Å². The lowest BCUT2D eigenvalue weighted by Gasteiger charge is -2.24. The van der Waals surface area contributed by atoms with Crippen molar-refractivity contribution in [3.05, 3.63) is 24.3 Å². The fraction of sp³-hybridized carbons (Fsp3) is 0.714. The molecule has 4 nitrogen and oxygen atoms in total. The Hall–Kier alpha value is -1.42. The summed E-state index contributed by atoms with van der Waals surface area (Å²) in [6.07, 6.45) is 12.5. The summed E-state index contributed by atoms with van der Waals surface area (Å²) < 4.78 is 0. The zero-order valence-corrected chi connectivity index (χ0v) is 15.9. The van der Waals surface area contributed by atoms with Crippen molar-refractivity contribution in [1.82, 2.24) is 0 Å². The van der Waals surface area contributed by atoms with Crippen LogP contribution in [0.5, 0.6) is 0 Å². The van der Waals surface area contributed by atoms with Gasteiger partial charge in [-0.15, -0.1) is 0 Å². The first-order chi connectivity index (χ1) is 11.9. The molecule has 1 aliphatic carbocycles. The highest BCUT2D eigenvalue weighted by Crippen LogP contribution is 2.41. The number of rotatable bonds is 11. The maximum atomic E-state index is 12.5. The number of hydrogen-bond acceptors (Lipinski definition) is 3. The van der Waals surface area contributed by atoms with Gasteiger partial charge in [0.2, 0.25) is 0 Å². The maximum Gasteiger partial charge on any atom is 0.307 e. The largest absolute Gasteiger partial charge is 0.481 e.